The summed E-state index contributed by atoms with van der Waals surface area (Å²) in [5, 5.41) is 7.62. The first kappa shape index (κ1) is 22.0. The number of primary amides is 1. The van der Waals surface area contributed by atoms with Gasteiger partial charge in [-0.3, -0.25) is 14.0 Å². The summed E-state index contributed by atoms with van der Waals surface area (Å²) in [5.41, 5.74) is 6.74. The average Bonchev–Trinajstić information content (AvgIpc) is 3.53. The molecule has 0 radical (unpaired) electrons. The normalized spacial score (nSPS) is 17.6. The van der Waals surface area contributed by atoms with Crippen molar-refractivity contribution in [1.29, 1.82) is 0 Å². The van der Waals surface area contributed by atoms with Crippen LogP contribution in [-0.4, -0.2) is 74.2 Å². The molecule has 33 heavy (non-hydrogen) atoms. The molecule has 170 valence electrons. The summed E-state index contributed by atoms with van der Waals surface area (Å²) in [4.78, 5) is 34.7. The zero-order valence-corrected chi connectivity index (χ0v) is 18.4. The third-order valence-electron chi connectivity index (χ3n) is 5.52. The number of carbonyl (C=O) groups is 2. The predicted molar refractivity (Wildman–Crippen MR) is 120 cm³/mol. The predicted octanol–water partition coefficient (Wildman–Crippen LogP) is 0.441. The van der Waals surface area contributed by atoms with Crippen molar-refractivity contribution in [1.82, 2.24) is 29.0 Å². The molecule has 0 aromatic carbocycles. The highest BCUT2D eigenvalue weighted by Crippen LogP contribution is 2.32. The second kappa shape index (κ2) is 9.13. The van der Waals surface area contributed by atoms with E-state index in [0.29, 0.717) is 36.7 Å². The number of rotatable bonds is 6. The van der Waals surface area contributed by atoms with Crippen LogP contribution in [0.2, 0.25) is 0 Å². The van der Waals surface area contributed by atoms with Crippen LogP contribution in [0.15, 0.2) is 37.4 Å². The Morgan fingerprint density at radius 1 is 1.39 bits per heavy atom. The Kier molecular flexibility index (Phi) is 6.10. The summed E-state index contributed by atoms with van der Waals surface area (Å²) in [6.45, 7) is 4.35. The number of imidazole rings is 1. The highest BCUT2D eigenvalue weighted by molar-refractivity contribution is 6.00. The van der Waals surface area contributed by atoms with E-state index in [2.05, 4.69) is 38.8 Å². The number of nitrogens with two attached hydrogens (primary N) is 1. The third-order valence-corrected chi connectivity index (χ3v) is 5.52. The maximum Gasteiger partial charge on any atom is 0.255 e. The van der Waals surface area contributed by atoms with Gasteiger partial charge in [-0.25, -0.2) is 14.6 Å². The lowest BCUT2D eigenvalue weighted by Gasteiger charge is -2.22. The van der Waals surface area contributed by atoms with Crippen LogP contribution >= 0.6 is 0 Å². The van der Waals surface area contributed by atoms with Crippen molar-refractivity contribution < 1.29 is 14.3 Å². The molecule has 1 aliphatic heterocycles. The van der Waals surface area contributed by atoms with Crippen molar-refractivity contribution >= 4 is 23.4 Å². The SMILES string of the molecule is C=CC(=O)N1C[C@@H](n2nc(C#Cc3cnc4nccn4c3)c(C(N)=O)c2NC)C[C@@H]1COC. The Hall–Kier alpha value is -4.17. The number of likely N-dealkylation sites (tertiary alicyclic amines) is 1. The van der Waals surface area contributed by atoms with Crippen molar-refractivity contribution in [3.05, 3.63) is 54.3 Å². The monoisotopic (exact) mass is 448 g/mol. The van der Waals surface area contributed by atoms with Crippen molar-refractivity contribution in [2.75, 3.05) is 32.6 Å². The fourth-order valence-electron chi connectivity index (χ4n) is 4.08. The minimum absolute atomic E-state index is 0.140. The van der Waals surface area contributed by atoms with E-state index in [1.54, 1.807) is 52.9 Å². The molecular formula is C22H24N8O3. The first-order valence-corrected chi connectivity index (χ1v) is 10.3. The molecule has 2 atom stereocenters. The Bertz CT molecular complexity index is 1280. The fraction of sp³-hybridized carbons (Fsp3) is 0.318. The summed E-state index contributed by atoms with van der Waals surface area (Å²) in [6, 6.07) is -0.340. The molecule has 0 aliphatic carbocycles. The molecule has 3 aromatic rings. The summed E-state index contributed by atoms with van der Waals surface area (Å²) in [5.74, 6) is 6.11. The van der Waals surface area contributed by atoms with Crippen LogP contribution in [0, 0.1) is 11.8 Å². The molecule has 1 aliphatic rings. The number of aromatic nitrogens is 5. The molecule has 4 heterocycles. The van der Waals surface area contributed by atoms with Gasteiger partial charge in [0.25, 0.3) is 5.91 Å². The van der Waals surface area contributed by atoms with Crippen LogP contribution in [0.25, 0.3) is 5.78 Å². The number of ether oxygens (including phenoxy) is 1. The van der Waals surface area contributed by atoms with E-state index < -0.39 is 5.91 Å². The number of nitrogens with zero attached hydrogens (tertiary/aromatic N) is 6. The van der Waals surface area contributed by atoms with Gasteiger partial charge in [-0.15, -0.1) is 0 Å². The van der Waals surface area contributed by atoms with Gasteiger partial charge in [-0.2, -0.15) is 5.10 Å². The number of amides is 2. The average molecular weight is 448 g/mol. The second-order valence-electron chi connectivity index (χ2n) is 7.55. The highest BCUT2D eigenvalue weighted by Gasteiger charge is 2.37. The van der Waals surface area contributed by atoms with Gasteiger partial charge in [0.15, 0.2) is 5.69 Å². The number of carbonyl (C=O) groups excluding carboxylic acids is 2. The smallest absolute Gasteiger partial charge is 0.255 e. The largest absolute Gasteiger partial charge is 0.383 e. The molecular weight excluding hydrogens is 424 g/mol. The second-order valence-corrected chi connectivity index (χ2v) is 7.55. The molecule has 3 aromatic heterocycles. The zero-order chi connectivity index (χ0) is 23.5. The van der Waals surface area contributed by atoms with Crippen molar-refractivity contribution in [3.63, 3.8) is 0 Å². The van der Waals surface area contributed by atoms with Gasteiger partial charge >= 0.3 is 0 Å². The molecule has 2 amide bonds. The lowest BCUT2D eigenvalue weighted by atomic mass is 10.1. The Morgan fingerprint density at radius 2 is 2.21 bits per heavy atom. The van der Waals surface area contributed by atoms with Crippen LogP contribution in [-0.2, 0) is 9.53 Å². The third kappa shape index (κ3) is 4.16. The maximum atomic E-state index is 12.3. The van der Waals surface area contributed by atoms with Gasteiger partial charge in [0.05, 0.1) is 24.3 Å². The number of hydrogen-bond acceptors (Lipinski definition) is 7. The standard InChI is InChI=1S/C22H24N8O3/c1-4-18(31)29-12-15(9-16(29)13-33-3)30-21(24-2)19(20(23)32)17(27-30)6-5-14-10-26-22-25-7-8-28(22)11-14/h4,7-8,10-11,15-16,24H,1,9,12-13H2,2-3H3,(H2,23,32)/t15-,16+/m0/s1. The van der Waals surface area contributed by atoms with E-state index in [-0.39, 0.29) is 29.2 Å². The van der Waals surface area contributed by atoms with E-state index in [9.17, 15) is 9.59 Å². The lowest BCUT2D eigenvalue weighted by Crippen LogP contribution is -2.37. The minimum atomic E-state index is -0.649. The molecule has 0 bridgehead atoms. The van der Waals surface area contributed by atoms with Gasteiger partial charge in [-0.05, 0) is 18.4 Å². The number of anilines is 1. The van der Waals surface area contributed by atoms with Crippen LogP contribution in [0.4, 0.5) is 5.82 Å². The van der Waals surface area contributed by atoms with Crippen LogP contribution in [0.1, 0.15) is 34.1 Å². The molecule has 11 heteroatoms. The summed E-state index contributed by atoms with van der Waals surface area (Å²) < 4.78 is 8.72. The topological polar surface area (TPSA) is 133 Å². The van der Waals surface area contributed by atoms with E-state index in [4.69, 9.17) is 10.5 Å². The van der Waals surface area contributed by atoms with E-state index in [1.807, 2.05) is 0 Å². The van der Waals surface area contributed by atoms with Crippen molar-refractivity contribution in [2.24, 2.45) is 5.73 Å². The van der Waals surface area contributed by atoms with Gasteiger partial charge < -0.3 is 20.7 Å². The number of hydrogen-bond donors (Lipinski definition) is 2. The van der Waals surface area contributed by atoms with Gasteiger partial charge in [0, 0.05) is 45.5 Å². The first-order valence-electron chi connectivity index (χ1n) is 10.3. The van der Waals surface area contributed by atoms with E-state index >= 15 is 0 Å². The first-order chi connectivity index (χ1) is 16.0. The molecule has 3 N–H and O–H groups in total. The molecule has 11 nitrogen and oxygen atoms in total. The molecule has 0 unspecified atom stereocenters. The summed E-state index contributed by atoms with van der Waals surface area (Å²) in [6.07, 6.45) is 8.67. The fourth-order valence-corrected chi connectivity index (χ4v) is 4.08. The van der Waals surface area contributed by atoms with Crippen LogP contribution in [0.5, 0.6) is 0 Å². The zero-order valence-electron chi connectivity index (χ0n) is 18.4. The lowest BCUT2D eigenvalue weighted by molar-refractivity contribution is -0.127. The van der Waals surface area contributed by atoms with E-state index in [0.717, 1.165) is 0 Å². The van der Waals surface area contributed by atoms with Crippen LogP contribution in [0.3, 0.4) is 0 Å². The highest BCUT2D eigenvalue weighted by atomic mass is 16.5. The molecule has 0 saturated carbocycles. The quantitative estimate of drug-likeness (QED) is 0.413. The van der Waals surface area contributed by atoms with Crippen molar-refractivity contribution in [3.8, 4) is 11.8 Å². The molecule has 4 rings (SSSR count). The Balaban J connectivity index is 1.72. The maximum absolute atomic E-state index is 12.3. The van der Waals surface area contributed by atoms with Gasteiger partial charge in [0.1, 0.15) is 11.4 Å². The Labute approximate surface area is 190 Å². The molecule has 0 spiro atoms. The summed E-state index contributed by atoms with van der Waals surface area (Å²) in [7, 11) is 3.27. The van der Waals surface area contributed by atoms with Gasteiger partial charge in [0.2, 0.25) is 11.7 Å². The number of fused-ring (bicyclic) bond motifs is 1. The number of methoxy groups -OCH3 is 1. The molecule has 1 saturated heterocycles. The number of nitrogens with one attached hydrogen (secondary N) is 1. The van der Waals surface area contributed by atoms with Crippen LogP contribution < -0.4 is 11.1 Å². The van der Waals surface area contributed by atoms with Gasteiger partial charge in [-0.1, -0.05) is 12.5 Å². The minimum Gasteiger partial charge on any atom is -0.383 e. The summed E-state index contributed by atoms with van der Waals surface area (Å²) >= 11 is 0. The van der Waals surface area contributed by atoms with Crippen molar-refractivity contribution in [2.45, 2.75) is 18.5 Å². The Morgan fingerprint density at radius 3 is 2.91 bits per heavy atom. The van der Waals surface area contributed by atoms with E-state index in [1.165, 1.54) is 6.08 Å². The molecule has 1 fully saturated rings.